The van der Waals surface area contributed by atoms with Gasteiger partial charge in [-0.2, -0.15) is 0 Å². The molecule has 0 radical (unpaired) electrons. The number of carbonyl (C=O) groups is 1. The van der Waals surface area contributed by atoms with E-state index in [1.165, 1.54) is 29.9 Å². The molecule has 0 spiro atoms. The molecule has 1 aromatic carbocycles. The van der Waals surface area contributed by atoms with Crippen LogP contribution < -0.4 is 15.6 Å². The van der Waals surface area contributed by atoms with Crippen molar-refractivity contribution in [2.45, 2.75) is 25.5 Å². The SMILES string of the molecule is CNC(=O)c1c(O)c2ncc(Cc3ccc(F)cc3)c3c2n(c1=O)CC(C)(CO)O3. The Labute approximate surface area is 170 Å². The number of hydrogen-bond acceptors (Lipinski definition) is 6. The van der Waals surface area contributed by atoms with Gasteiger partial charge in [-0.3, -0.25) is 19.1 Å². The van der Waals surface area contributed by atoms with Crippen LogP contribution in [0.25, 0.3) is 11.0 Å². The number of hydrogen-bond donors (Lipinski definition) is 3. The summed E-state index contributed by atoms with van der Waals surface area (Å²) in [6.45, 7) is 1.23. The number of ether oxygens (including phenoxy) is 1. The minimum Gasteiger partial charge on any atom is -0.505 e. The molecule has 3 heterocycles. The third-order valence-corrected chi connectivity index (χ3v) is 5.21. The van der Waals surface area contributed by atoms with Crippen LogP contribution in [-0.2, 0) is 13.0 Å². The van der Waals surface area contributed by atoms with E-state index in [1.54, 1.807) is 19.1 Å². The minimum atomic E-state index is -1.13. The number of rotatable bonds is 4. The Bertz CT molecular complexity index is 1220. The first-order valence-electron chi connectivity index (χ1n) is 9.31. The van der Waals surface area contributed by atoms with Crippen LogP contribution in [0.15, 0.2) is 35.3 Å². The summed E-state index contributed by atoms with van der Waals surface area (Å²) < 4.78 is 20.6. The van der Waals surface area contributed by atoms with E-state index in [9.17, 15) is 24.2 Å². The molecule has 9 heteroatoms. The first-order chi connectivity index (χ1) is 14.3. The zero-order chi connectivity index (χ0) is 21.6. The van der Waals surface area contributed by atoms with Gasteiger partial charge < -0.3 is 20.3 Å². The monoisotopic (exact) mass is 413 g/mol. The van der Waals surface area contributed by atoms with Gasteiger partial charge in [-0.15, -0.1) is 0 Å². The van der Waals surface area contributed by atoms with E-state index in [4.69, 9.17) is 4.74 Å². The highest BCUT2D eigenvalue weighted by Crippen LogP contribution is 2.39. The van der Waals surface area contributed by atoms with Gasteiger partial charge in [0, 0.05) is 25.2 Å². The van der Waals surface area contributed by atoms with Crippen molar-refractivity contribution < 1.29 is 24.1 Å². The lowest BCUT2D eigenvalue weighted by Crippen LogP contribution is -2.48. The standard InChI is InChI=1S/C21H20FN3O5/c1-21(10-26)9-25-16-15(17(27)14(20(25)29)19(28)23-2)24-8-12(18(16)30-21)7-11-3-5-13(22)6-4-11/h3-6,8,26-27H,7,9-10H2,1-2H3,(H,23,28). The molecule has 2 aromatic heterocycles. The number of aliphatic hydroxyl groups is 1. The molecule has 3 N–H and O–H groups in total. The van der Waals surface area contributed by atoms with Gasteiger partial charge in [-0.1, -0.05) is 12.1 Å². The molecule has 156 valence electrons. The van der Waals surface area contributed by atoms with Crippen LogP contribution in [-0.4, -0.2) is 44.9 Å². The van der Waals surface area contributed by atoms with E-state index < -0.39 is 28.4 Å². The average molecular weight is 413 g/mol. The number of aromatic hydroxyl groups is 1. The van der Waals surface area contributed by atoms with Gasteiger partial charge in [0.2, 0.25) is 0 Å². The molecule has 0 aliphatic carbocycles. The first kappa shape index (κ1) is 19.8. The summed E-state index contributed by atoms with van der Waals surface area (Å²) >= 11 is 0. The first-order valence-corrected chi connectivity index (χ1v) is 9.31. The highest BCUT2D eigenvalue weighted by molar-refractivity contribution is 6.02. The predicted molar refractivity (Wildman–Crippen MR) is 106 cm³/mol. The maximum Gasteiger partial charge on any atom is 0.268 e. The van der Waals surface area contributed by atoms with E-state index in [0.717, 1.165) is 5.56 Å². The summed E-state index contributed by atoms with van der Waals surface area (Å²) in [6, 6.07) is 5.93. The smallest absolute Gasteiger partial charge is 0.268 e. The Morgan fingerprint density at radius 3 is 2.70 bits per heavy atom. The summed E-state index contributed by atoms with van der Waals surface area (Å²) in [4.78, 5) is 29.6. The summed E-state index contributed by atoms with van der Waals surface area (Å²) in [7, 11) is 1.35. The van der Waals surface area contributed by atoms with E-state index in [1.807, 2.05) is 0 Å². The zero-order valence-corrected chi connectivity index (χ0v) is 16.4. The van der Waals surface area contributed by atoms with Gasteiger partial charge in [0.25, 0.3) is 11.5 Å². The quantitative estimate of drug-likeness (QED) is 0.595. The van der Waals surface area contributed by atoms with Gasteiger partial charge in [-0.25, -0.2) is 4.39 Å². The van der Waals surface area contributed by atoms with Crippen LogP contribution >= 0.6 is 0 Å². The fraction of sp³-hybridized carbons (Fsp3) is 0.286. The number of amides is 1. The van der Waals surface area contributed by atoms with E-state index >= 15 is 0 Å². The van der Waals surface area contributed by atoms with Crippen LogP contribution in [0.1, 0.15) is 28.4 Å². The van der Waals surface area contributed by atoms with Crippen LogP contribution in [0.5, 0.6) is 11.5 Å². The molecule has 30 heavy (non-hydrogen) atoms. The Morgan fingerprint density at radius 2 is 2.07 bits per heavy atom. The highest BCUT2D eigenvalue weighted by atomic mass is 19.1. The van der Waals surface area contributed by atoms with Crippen molar-refractivity contribution in [3.05, 3.63) is 63.3 Å². The van der Waals surface area contributed by atoms with Crippen LogP contribution in [0, 0.1) is 5.82 Å². The molecule has 1 atom stereocenters. The van der Waals surface area contributed by atoms with Crippen molar-refractivity contribution in [2.75, 3.05) is 13.7 Å². The minimum absolute atomic E-state index is 0.0300. The lowest BCUT2D eigenvalue weighted by Gasteiger charge is -2.36. The molecule has 0 saturated carbocycles. The molecule has 1 aliphatic rings. The van der Waals surface area contributed by atoms with Crippen molar-refractivity contribution in [1.29, 1.82) is 0 Å². The number of pyridine rings is 2. The van der Waals surface area contributed by atoms with Crippen LogP contribution in [0.4, 0.5) is 4.39 Å². The second kappa shape index (κ2) is 7.10. The van der Waals surface area contributed by atoms with Crippen molar-refractivity contribution in [3.8, 4) is 11.5 Å². The number of nitrogens with one attached hydrogen (secondary N) is 1. The number of halogens is 1. The van der Waals surface area contributed by atoms with Crippen LogP contribution in [0.2, 0.25) is 0 Å². The summed E-state index contributed by atoms with van der Waals surface area (Å²) in [5, 5.41) is 22.8. The van der Waals surface area contributed by atoms with Gasteiger partial charge in [0.15, 0.2) is 11.5 Å². The molecule has 8 nitrogen and oxygen atoms in total. The summed E-state index contributed by atoms with van der Waals surface area (Å²) in [5.41, 5.74) is -0.579. The summed E-state index contributed by atoms with van der Waals surface area (Å²) in [5.74, 6) is -1.35. The Hall–Kier alpha value is -3.46. The molecule has 3 aromatic rings. The Morgan fingerprint density at radius 1 is 1.37 bits per heavy atom. The molecular formula is C21H20FN3O5. The summed E-state index contributed by atoms with van der Waals surface area (Å²) in [6.07, 6.45) is 1.80. The predicted octanol–water partition coefficient (Wildman–Crippen LogP) is 1.33. The van der Waals surface area contributed by atoms with E-state index in [-0.39, 0.29) is 35.8 Å². The van der Waals surface area contributed by atoms with Crippen molar-refractivity contribution in [1.82, 2.24) is 14.9 Å². The van der Waals surface area contributed by atoms with Gasteiger partial charge >= 0.3 is 0 Å². The zero-order valence-electron chi connectivity index (χ0n) is 16.4. The third-order valence-electron chi connectivity index (χ3n) is 5.21. The Kier molecular flexibility index (Phi) is 4.70. The number of aliphatic hydroxyl groups excluding tert-OH is 1. The maximum absolute atomic E-state index is 13.2. The molecule has 0 saturated heterocycles. The largest absolute Gasteiger partial charge is 0.505 e. The van der Waals surface area contributed by atoms with Gasteiger partial charge in [0.05, 0.1) is 13.2 Å². The lowest BCUT2D eigenvalue weighted by molar-refractivity contribution is 0.00353. The van der Waals surface area contributed by atoms with Crippen molar-refractivity contribution >= 4 is 16.9 Å². The molecule has 1 amide bonds. The van der Waals surface area contributed by atoms with E-state index in [2.05, 4.69) is 10.3 Å². The number of aromatic nitrogens is 2. The molecule has 4 rings (SSSR count). The molecular weight excluding hydrogens is 393 g/mol. The highest BCUT2D eigenvalue weighted by Gasteiger charge is 2.37. The maximum atomic E-state index is 13.2. The average Bonchev–Trinajstić information content (AvgIpc) is 2.74. The molecule has 1 unspecified atom stereocenters. The lowest BCUT2D eigenvalue weighted by atomic mass is 10.00. The van der Waals surface area contributed by atoms with Gasteiger partial charge in [0.1, 0.15) is 28.0 Å². The second-order valence-corrected chi connectivity index (χ2v) is 7.52. The molecule has 1 aliphatic heterocycles. The normalized spacial score (nSPS) is 17.6. The van der Waals surface area contributed by atoms with Crippen LogP contribution in [0.3, 0.4) is 0 Å². The fourth-order valence-corrected chi connectivity index (χ4v) is 3.64. The fourth-order valence-electron chi connectivity index (χ4n) is 3.64. The number of carbonyl (C=O) groups excluding carboxylic acids is 1. The second-order valence-electron chi connectivity index (χ2n) is 7.52. The van der Waals surface area contributed by atoms with Crippen molar-refractivity contribution in [2.24, 2.45) is 0 Å². The van der Waals surface area contributed by atoms with Gasteiger partial charge in [-0.05, 0) is 24.6 Å². The number of nitrogens with zero attached hydrogens (tertiary/aromatic N) is 2. The topological polar surface area (TPSA) is 114 Å². The third kappa shape index (κ3) is 3.07. The molecule has 0 bridgehead atoms. The Balaban J connectivity index is 2.00. The molecule has 0 fully saturated rings. The van der Waals surface area contributed by atoms with E-state index in [0.29, 0.717) is 12.0 Å². The van der Waals surface area contributed by atoms with Crippen molar-refractivity contribution in [3.63, 3.8) is 0 Å². The number of benzene rings is 1.